The van der Waals surface area contributed by atoms with Crippen molar-refractivity contribution in [3.8, 4) is 34.1 Å². The Kier molecular flexibility index (Phi) is 5.81. The summed E-state index contributed by atoms with van der Waals surface area (Å²) in [5.41, 5.74) is 2.62. The van der Waals surface area contributed by atoms with Crippen LogP contribution in [0.2, 0.25) is 0 Å². The first-order valence-corrected chi connectivity index (χ1v) is 8.64. The normalized spacial score (nSPS) is 10.5. The summed E-state index contributed by atoms with van der Waals surface area (Å²) in [4.78, 5) is 4.61. The van der Waals surface area contributed by atoms with Gasteiger partial charge in [-0.05, 0) is 24.1 Å². The molecular formula is C22H23NO4. The summed E-state index contributed by atoms with van der Waals surface area (Å²) >= 11 is 0. The second kappa shape index (κ2) is 8.45. The Morgan fingerprint density at radius 1 is 0.963 bits per heavy atom. The summed E-state index contributed by atoms with van der Waals surface area (Å²) in [6.07, 6.45) is 4.38. The van der Waals surface area contributed by atoms with Crippen LogP contribution in [0.3, 0.4) is 0 Å². The lowest BCUT2D eigenvalue weighted by molar-refractivity contribution is 0.328. The molecule has 0 fully saturated rings. The molecule has 1 heterocycles. The topological polar surface area (TPSA) is 49.8 Å². The number of rotatable bonds is 8. The van der Waals surface area contributed by atoms with E-state index < -0.39 is 0 Å². The minimum atomic E-state index is 0.515. The summed E-state index contributed by atoms with van der Waals surface area (Å²) in [7, 11) is 4.89. The van der Waals surface area contributed by atoms with Crippen LogP contribution in [0.4, 0.5) is 0 Å². The molecule has 0 atom stereocenters. The average molecular weight is 365 g/mol. The molecule has 0 aliphatic rings. The van der Waals surface area contributed by atoms with Crippen LogP contribution in [0.25, 0.3) is 22.0 Å². The van der Waals surface area contributed by atoms with Gasteiger partial charge in [-0.15, -0.1) is 6.58 Å². The monoisotopic (exact) mass is 365 g/mol. The zero-order valence-corrected chi connectivity index (χ0v) is 15.8. The molecule has 3 aromatic rings. The van der Waals surface area contributed by atoms with Gasteiger partial charge in [-0.1, -0.05) is 18.2 Å². The quantitative estimate of drug-likeness (QED) is 0.420. The summed E-state index contributed by atoms with van der Waals surface area (Å²) in [6.45, 7) is 4.28. The van der Waals surface area contributed by atoms with Crippen LogP contribution in [0, 0.1) is 0 Å². The third-order valence-corrected chi connectivity index (χ3v) is 4.28. The van der Waals surface area contributed by atoms with E-state index in [1.807, 2.05) is 48.7 Å². The predicted molar refractivity (Wildman–Crippen MR) is 107 cm³/mol. The number of benzene rings is 2. The molecular weight excluding hydrogens is 342 g/mol. The second-order valence-corrected chi connectivity index (χ2v) is 5.88. The van der Waals surface area contributed by atoms with E-state index in [1.165, 1.54) is 0 Å². The highest BCUT2D eigenvalue weighted by Crippen LogP contribution is 2.42. The van der Waals surface area contributed by atoms with Gasteiger partial charge in [0.15, 0.2) is 0 Å². The molecule has 0 bridgehead atoms. The van der Waals surface area contributed by atoms with Crippen LogP contribution in [0.5, 0.6) is 23.0 Å². The Hall–Kier alpha value is -3.21. The Balaban J connectivity index is 2.22. The van der Waals surface area contributed by atoms with Crippen molar-refractivity contribution in [3.63, 3.8) is 0 Å². The highest BCUT2D eigenvalue weighted by atomic mass is 16.5. The van der Waals surface area contributed by atoms with Crippen LogP contribution in [-0.4, -0.2) is 32.9 Å². The molecule has 2 aromatic carbocycles. The molecule has 0 aliphatic heterocycles. The fraction of sp³-hybridized carbons (Fsp3) is 0.227. The number of nitrogens with zero attached hydrogens (tertiary/aromatic N) is 1. The molecule has 1 aromatic heterocycles. The Labute approximate surface area is 159 Å². The number of pyridine rings is 1. The zero-order valence-electron chi connectivity index (χ0n) is 15.8. The van der Waals surface area contributed by atoms with Crippen molar-refractivity contribution < 1.29 is 18.9 Å². The van der Waals surface area contributed by atoms with Crippen molar-refractivity contribution in [2.75, 3.05) is 27.9 Å². The van der Waals surface area contributed by atoms with Crippen LogP contribution >= 0.6 is 0 Å². The van der Waals surface area contributed by atoms with Crippen molar-refractivity contribution in [1.29, 1.82) is 0 Å². The Morgan fingerprint density at radius 3 is 2.33 bits per heavy atom. The van der Waals surface area contributed by atoms with Gasteiger partial charge in [-0.3, -0.25) is 4.98 Å². The number of hydrogen-bond acceptors (Lipinski definition) is 5. The van der Waals surface area contributed by atoms with Crippen molar-refractivity contribution in [1.82, 2.24) is 4.98 Å². The first-order valence-electron chi connectivity index (χ1n) is 8.64. The number of aromatic nitrogens is 1. The molecule has 0 N–H and O–H groups in total. The SMILES string of the molecule is C=CCCOc1c(-c2ccc(OC)cc2)cnc2cc(OC)cc(OC)c12. The summed E-state index contributed by atoms with van der Waals surface area (Å²) in [5.74, 6) is 2.86. The molecule has 0 spiro atoms. The fourth-order valence-corrected chi connectivity index (χ4v) is 2.88. The molecule has 3 rings (SSSR count). The van der Waals surface area contributed by atoms with Crippen LogP contribution < -0.4 is 18.9 Å². The predicted octanol–water partition coefficient (Wildman–Crippen LogP) is 4.88. The van der Waals surface area contributed by atoms with Gasteiger partial charge in [0.25, 0.3) is 0 Å². The highest BCUT2D eigenvalue weighted by molar-refractivity contribution is 5.97. The van der Waals surface area contributed by atoms with Gasteiger partial charge >= 0.3 is 0 Å². The van der Waals surface area contributed by atoms with E-state index in [-0.39, 0.29) is 0 Å². The van der Waals surface area contributed by atoms with Gasteiger partial charge < -0.3 is 18.9 Å². The molecule has 27 heavy (non-hydrogen) atoms. The first kappa shape index (κ1) is 18.6. The molecule has 0 radical (unpaired) electrons. The van der Waals surface area contributed by atoms with Gasteiger partial charge in [0, 0.05) is 23.9 Å². The standard InChI is InChI=1S/C22H23NO4/c1-5-6-11-27-22-18(15-7-9-16(24-2)10-8-15)14-23-19-12-17(25-3)13-20(26-4)21(19)22/h5,7-10,12-14H,1,6,11H2,2-4H3. The average Bonchev–Trinajstić information content (AvgIpc) is 2.73. The molecule has 0 amide bonds. The van der Waals surface area contributed by atoms with Gasteiger partial charge in [0.1, 0.15) is 23.0 Å². The lowest BCUT2D eigenvalue weighted by atomic mass is 10.0. The van der Waals surface area contributed by atoms with E-state index in [4.69, 9.17) is 18.9 Å². The number of fused-ring (bicyclic) bond motifs is 1. The lowest BCUT2D eigenvalue weighted by Crippen LogP contribution is -2.01. The maximum Gasteiger partial charge on any atom is 0.141 e. The molecule has 0 unspecified atom stereocenters. The first-order chi connectivity index (χ1) is 13.2. The third-order valence-electron chi connectivity index (χ3n) is 4.28. The number of methoxy groups -OCH3 is 3. The van der Waals surface area contributed by atoms with Crippen molar-refractivity contribution in [3.05, 3.63) is 55.3 Å². The van der Waals surface area contributed by atoms with Crippen LogP contribution in [0.1, 0.15) is 6.42 Å². The maximum atomic E-state index is 6.15. The molecule has 0 saturated carbocycles. The van der Waals surface area contributed by atoms with Crippen LogP contribution in [0.15, 0.2) is 55.3 Å². The van der Waals surface area contributed by atoms with Gasteiger partial charge in [0.2, 0.25) is 0 Å². The van der Waals surface area contributed by atoms with Crippen molar-refractivity contribution in [2.45, 2.75) is 6.42 Å². The minimum absolute atomic E-state index is 0.515. The lowest BCUT2D eigenvalue weighted by Gasteiger charge is -2.17. The van der Waals surface area contributed by atoms with Crippen molar-refractivity contribution >= 4 is 10.9 Å². The number of hydrogen-bond donors (Lipinski definition) is 0. The maximum absolute atomic E-state index is 6.15. The van der Waals surface area contributed by atoms with E-state index in [0.29, 0.717) is 18.1 Å². The Bertz CT molecular complexity index is 935. The summed E-state index contributed by atoms with van der Waals surface area (Å²) < 4.78 is 22.4. The van der Waals surface area contributed by atoms with Crippen molar-refractivity contribution in [2.24, 2.45) is 0 Å². The molecule has 0 saturated heterocycles. The largest absolute Gasteiger partial charge is 0.497 e. The molecule has 5 nitrogen and oxygen atoms in total. The van der Waals surface area contributed by atoms with E-state index in [9.17, 15) is 0 Å². The molecule has 5 heteroatoms. The second-order valence-electron chi connectivity index (χ2n) is 5.88. The van der Waals surface area contributed by atoms with Gasteiger partial charge in [0.05, 0.1) is 38.8 Å². The highest BCUT2D eigenvalue weighted by Gasteiger charge is 2.17. The number of ether oxygens (including phenoxy) is 4. The van der Waals surface area contributed by atoms with Gasteiger partial charge in [-0.2, -0.15) is 0 Å². The molecule has 140 valence electrons. The fourth-order valence-electron chi connectivity index (χ4n) is 2.88. The Morgan fingerprint density at radius 2 is 1.70 bits per heavy atom. The van der Waals surface area contributed by atoms with Gasteiger partial charge in [-0.25, -0.2) is 0 Å². The van der Waals surface area contributed by atoms with E-state index in [0.717, 1.165) is 39.9 Å². The third kappa shape index (κ3) is 3.82. The van der Waals surface area contributed by atoms with E-state index in [2.05, 4.69) is 11.6 Å². The summed E-state index contributed by atoms with van der Waals surface area (Å²) in [5, 5.41) is 0.815. The zero-order chi connectivity index (χ0) is 19.2. The van der Waals surface area contributed by atoms with E-state index in [1.54, 1.807) is 21.3 Å². The minimum Gasteiger partial charge on any atom is -0.497 e. The van der Waals surface area contributed by atoms with Crippen LogP contribution in [-0.2, 0) is 0 Å². The molecule has 0 aliphatic carbocycles. The smallest absolute Gasteiger partial charge is 0.141 e. The summed E-state index contributed by atoms with van der Waals surface area (Å²) in [6, 6.07) is 11.5. The van der Waals surface area contributed by atoms with E-state index >= 15 is 0 Å².